The van der Waals surface area contributed by atoms with Crippen molar-refractivity contribution in [1.82, 2.24) is 10.3 Å². The SMILES string of the molecule is Cc1csc(CCNC(=O)C(C)(C)C#N)n1. The number of thiazole rings is 1. The Labute approximate surface area is 99.3 Å². The zero-order valence-corrected chi connectivity index (χ0v) is 10.5. The second-order valence-electron chi connectivity index (χ2n) is 4.13. The van der Waals surface area contributed by atoms with Gasteiger partial charge in [0.1, 0.15) is 5.41 Å². The molecule has 0 bridgehead atoms. The summed E-state index contributed by atoms with van der Waals surface area (Å²) >= 11 is 1.59. The zero-order valence-electron chi connectivity index (χ0n) is 9.70. The molecule has 1 aromatic heterocycles. The third-order valence-electron chi connectivity index (χ3n) is 2.14. The van der Waals surface area contributed by atoms with Crippen molar-refractivity contribution in [1.29, 1.82) is 5.26 Å². The second-order valence-corrected chi connectivity index (χ2v) is 5.07. The summed E-state index contributed by atoms with van der Waals surface area (Å²) in [4.78, 5) is 15.8. The number of amides is 1. The number of nitrogens with one attached hydrogen (secondary N) is 1. The molecule has 4 nitrogen and oxygen atoms in total. The molecule has 0 aromatic carbocycles. The van der Waals surface area contributed by atoms with Gasteiger partial charge in [0.05, 0.1) is 11.1 Å². The van der Waals surface area contributed by atoms with Crippen LogP contribution in [0.25, 0.3) is 0 Å². The van der Waals surface area contributed by atoms with Crippen molar-refractivity contribution in [2.75, 3.05) is 6.54 Å². The van der Waals surface area contributed by atoms with Crippen molar-refractivity contribution in [3.8, 4) is 6.07 Å². The number of aromatic nitrogens is 1. The maximum Gasteiger partial charge on any atom is 0.239 e. The molecule has 0 spiro atoms. The van der Waals surface area contributed by atoms with Crippen LogP contribution in [0.3, 0.4) is 0 Å². The molecule has 0 aliphatic heterocycles. The van der Waals surface area contributed by atoms with Gasteiger partial charge in [0.15, 0.2) is 0 Å². The van der Waals surface area contributed by atoms with E-state index in [9.17, 15) is 4.79 Å². The summed E-state index contributed by atoms with van der Waals surface area (Å²) < 4.78 is 0. The Morgan fingerprint density at radius 3 is 2.88 bits per heavy atom. The summed E-state index contributed by atoms with van der Waals surface area (Å²) in [6.07, 6.45) is 0.714. The highest BCUT2D eigenvalue weighted by Gasteiger charge is 2.26. The molecule has 0 aliphatic carbocycles. The molecule has 0 saturated carbocycles. The first kappa shape index (κ1) is 12.7. The van der Waals surface area contributed by atoms with Gasteiger partial charge in [0, 0.05) is 24.0 Å². The molecule has 0 radical (unpaired) electrons. The number of nitrogens with zero attached hydrogens (tertiary/aromatic N) is 2. The van der Waals surface area contributed by atoms with Crippen molar-refractivity contribution in [2.45, 2.75) is 27.2 Å². The monoisotopic (exact) mass is 237 g/mol. The summed E-state index contributed by atoms with van der Waals surface area (Å²) in [7, 11) is 0. The van der Waals surface area contributed by atoms with E-state index in [0.29, 0.717) is 13.0 Å². The van der Waals surface area contributed by atoms with E-state index in [1.54, 1.807) is 25.2 Å². The minimum Gasteiger partial charge on any atom is -0.354 e. The fourth-order valence-electron chi connectivity index (χ4n) is 1.07. The van der Waals surface area contributed by atoms with E-state index in [-0.39, 0.29) is 5.91 Å². The summed E-state index contributed by atoms with van der Waals surface area (Å²) in [6.45, 7) is 5.68. The van der Waals surface area contributed by atoms with Crippen molar-refractivity contribution in [2.24, 2.45) is 5.41 Å². The third-order valence-corrected chi connectivity index (χ3v) is 3.16. The summed E-state index contributed by atoms with van der Waals surface area (Å²) in [5, 5.41) is 14.5. The largest absolute Gasteiger partial charge is 0.354 e. The van der Waals surface area contributed by atoms with Crippen LogP contribution in [0.2, 0.25) is 0 Å². The number of carbonyl (C=O) groups excluding carboxylic acids is 1. The third kappa shape index (κ3) is 3.31. The Morgan fingerprint density at radius 1 is 1.69 bits per heavy atom. The Morgan fingerprint density at radius 2 is 2.38 bits per heavy atom. The Hall–Kier alpha value is -1.41. The maximum absolute atomic E-state index is 11.5. The number of hydrogen-bond acceptors (Lipinski definition) is 4. The lowest BCUT2D eigenvalue weighted by molar-refractivity contribution is -0.126. The van der Waals surface area contributed by atoms with Crippen LogP contribution in [0.5, 0.6) is 0 Å². The van der Waals surface area contributed by atoms with Crippen LogP contribution < -0.4 is 5.32 Å². The molecule has 0 aliphatic rings. The molecule has 1 heterocycles. The van der Waals surface area contributed by atoms with Crippen molar-refractivity contribution < 1.29 is 4.79 Å². The molecule has 1 aromatic rings. The molecule has 0 fully saturated rings. The van der Waals surface area contributed by atoms with Crippen molar-refractivity contribution in [3.63, 3.8) is 0 Å². The number of aryl methyl sites for hydroxylation is 1. The van der Waals surface area contributed by atoms with E-state index in [2.05, 4.69) is 10.3 Å². The fraction of sp³-hybridized carbons (Fsp3) is 0.545. The average molecular weight is 237 g/mol. The fourth-order valence-corrected chi connectivity index (χ4v) is 1.85. The van der Waals surface area contributed by atoms with E-state index >= 15 is 0 Å². The highest BCUT2D eigenvalue weighted by molar-refractivity contribution is 7.09. The molecule has 1 N–H and O–H groups in total. The molecule has 1 rings (SSSR count). The minimum absolute atomic E-state index is 0.233. The summed E-state index contributed by atoms with van der Waals surface area (Å²) in [5.41, 5.74) is 0.0439. The number of hydrogen-bond donors (Lipinski definition) is 1. The molecule has 5 heteroatoms. The minimum atomic E-state index is -0.960. The van der Waals surface area contributed by atoms with E-state index in [0.717, 1.165) is 10.7 Å². The van der Waals surface area contributed by atoms with Crippen molar-refractivity contribution >= 4 is 17.2 Å². The number of carbonyl (C=O) groups is 1. The highest BCUT2D eigenvalue weighted by Crippen LogP contribution is 2.13. The molecule has 0 saturated heterocycles. The van der Waals surface area contributed by atoms with Gasteiger partial charge in [-0.05, 0) is 20.8 Å². The molecule has 0 unspecified atom stereocenters. The van der Waals surface area contributed by atoms with E-state index in [1.165, 1.54) is 0 Å². The predicted octanol–water partition coefficient (Wildman–Crippen LogP) is 1.66. The van der Waals surface area contributed by atoms with Crippen LogP contribution in [0.1, 0.15) is 24.5 Å². The van der Waals surface area contributed by atoms with Crippen LogP contribution >= 0.6 is 11.3 Å². The zero-order chi connectivity index (χ0) is 12.2. The lowest BCUT2D eigenvalue weighted by atomic mass is 9.95. The van der Waals surface area contributed by atoms with Crippen LogP contribution in [0, 0.1) is 23.7 Å². The normalized spacial score (nSPS) is 10.9. The van der Waals surface area contributed by atoms with Gasteiger partial charge in [-0.2, -0.15) is 5.26 Å². The van der Waals surface area contributed by atoms with Gasteiger partial charge in [-0.25, -0.2) is 4.98 Å². The van der Waals surface area contributed by atoms with Gasteiger partial charge in [-0.3, -0.25) is 4.79 Å². The molecular weight excluding hydrogens is 222 g/mol. The molecular formula is C11H15N3OS. The number of rotatable bonds is 4. The quantitative estimate of drug-likeness (QED) is 0.866. The van der Waals surface area contributed by atoms with Gasteiger partial charge in [0.25, 0.3) is 0 Å². The van der Waals surface area contributed by atoms with Crippen LogP contribution in [-0.2, 0) is 11.2 Å². The Balaban J connectivity index is 2.37. The molecule has 16 heavy (non-hydrogen) atoms. The van der Waals surface area contributed by atoms with E-state index < -0.39 is 5.41 Å². The average Bonchev–Trinajstić information content (AvgIpc) is 2.64. The highest BCUT2D eigenvalue weighted by atomic mass is 32.1. The summed E-state index contributed by atoms with van der Waals surface area (Å²) in [5.74, 6) is -0.233. The number of nitriles is 1. The van der Waals surface area contributed by atoms with Crippen LogP contribution in [-0.4, -0.2) is 17.4 Å². The first-order valence-corrected chi connectivity index (χ1v) is 5.94. The van der Waals surface area contributed by atoms with E-state index in [1.807, 2.05) is 18.4 Å². The summed E-state index contributed by atoms with van der Waals surface area (Å²) in [6, 6.07) is 1.97. The van der Waals surface area contributed by atoms with E-state index in [4.69, 9.17) is 5.26 Å². The predicted molar refractivity (Wildman–Crippen MR) is 63.0 cm³/mol. The van der Waals surface area contributed by atoms with Gasteiger partial charge >= 0.3 is 0 Å². The Bertz CT molecular complexity index is 417. The Kier molecular flexibility index (Phi) is 4.02. The van der Waals surface area contributed by atoms with Crippen molar-refractivity contribution in [3.05, 3.63) is 16.1 Å². The molecule has 1 amide bonds. The standard InChI is InChI=1S/C11H15N3OS/c1-8-6-16-9(14-8)4-5-13-10(15)11(2,3)7-12/h6H,4-5H2,1-3H3,(H,13,15). The van der Waals surface area contributed by atoms with Gasteiger partial charge in [-0.1, -0.05) is 0 Å². The smallest absolute Gasteiger partial charge is 0.239 e. The van der Waals surface area contributed by atoms with Gasteiger partial charge in [0.2, 0.25) is 5.91 Å². The molecule has 0 atom stereocenters. The van der Waals surface area contributed by atoms with Crippen LogP contribution in [0.15, 0.2) is 5.38 Å². The second kappa shape index (κ2) is 5.08. The van der Waals surface area contributed by atoms with Crippen LogP contribution in [0.4, 0.5) is 0 Å². The first-order chi connectivity index (χ1) is 7.45. The maximum atomic E-state index is 11.5. The van der Waals surface area contributed by atoms with Gasteiger partial charge < -0.3 is 5.32 Å². The lowest BCUT2D eigenvalue weighted by Gasteiger charge is -2.14. The van der Waals surface area contributed by atoms with Gasteiger partial charge in [-0.15, -0.1) is 11.3 Å². The topological polar surface area (TPSA) is 65.8 Å². The first-order valence-electron chi connectivity index (χ1n) is 5.06. The lowest BCUT2D eigenvalue weighted by Crippen LogP contribution is -2.36. The molecule has 86 valence electrons.